The van der Waals surface area contributed by atoms with E-state index in [4.69, 9.17) is 9.47 Å². The average molecular weight is 421 g/mol. The molecule has 1 aliphatic heterocycles. The first kappa shape index (κ1) is 20.4. The molecule has 0 atom stereocenters. The van der Waals surface area contributed by atoms with Crippen LogP contribution < -0.4 is 20.1 Å². The summed E-state index contributed by atoms with van der Waals surface area (Å²) >= 11 is 0. The molecule has 0 radical (unpaired) electrons. The van der Waals surface area contributed by atoms with E-state index in [9.17, 15) is 9.59 Å². The van der Waals surface area contributed by atoms with Gasteiger partial charge in [0.05, 0.1) is 5.69 Å². The van der Waals surface area contributed by atoms with Gasteiger partial charge in [-0.15, -0.1) is 5.10 Å². The number of fused-ring (bicyclic) bond motifs is 1. The van der Waals surface area contributed by atoms with Gasteiger partial charge in [0.15, 0.2) is 17.2 Å². The number of nitrogens with one attached hydrogen (secondary N) is 2. The third-order valence-electron chi connectivity index (χ3n) is 4.96. The van der Waals surface area contributed by atoms with Crippen LogP contribution in [0.15, 0.2) is 36.4 Å². The molecule has 0 aliphatic carbocycles. The Morgan fingerprint density at radius 3 is 2.58 bits per heavy atom. The molecule has 9 heteroatoms. The van der Waals surface area contributed by atoms with Crippen LogP contribution in [0.1, 0.15) is 27.3 Å². The Morgan fingerprint density at radius 1 is 1.00 bits per heavy atom. The SMILES string of the molecule is Cc1ccc(C)c(NC(=O)c2nnn(CC(=O)Nc3ccc4c(c3)OCCO4)c2C)c1. The molecule has 2 amide bonds. The van der Waals surface area contributed by atoms with Crippen molar-refractivity contribution in [3.8, 4) is 11.5 Å². The van der Waals surface area contributed by atoms with Crippen molar-refractivity contribution in [2.75, 3.05) is 23.8 Å². The number of hydrogen-bond donors (Lipinski definition) is 2. The Morgan fingerprint density at radius 2 is 1.77 bits per heavy atom. The number of ether oxygens (including phenoxy) is 2. The van der Waals surface area contributed by atoms with Crippen LogP contribution in [0.2, 0.25) is 0 Å². The molecule has 31 heavy (non-hydrogen) atoms. The quantitative estimate of drug-likeness (QED) is 0.656. The standard InChI is InChI=1S/C22H23N5O4/c1-13-4-5-14(2)17(10-13)24-22(29)21-15(3)27(26-25-21)12-20(28)23-16-6-7-18-19(11-16)31-9-8-30-18/h4-7,10-11H,8-9,12H2,1-3H3,(H,23,28)(H,24,29). The molecular formula is C22H23N5O4. The molecular weight excluding hydrogens is 398 g/mol. The lowest BCUT2D eigenvalue weighted by Crippen LogP contribution is -2.21. The predicted molar refractivity (Wildman–Crippen MR) is 115 cm³/mol. The number of carbonyl (C=O) groups is 2. The molecule has 2 N–H and O–H groups in total. The van der Waals surface area contributed by atoms with Crippen molar-refractivity contribution < 1.29 is 19.1 Å². The van der Waals surface area contributed by atoms with E-state index < -0.39 is 0 Å². The topological polar surface area (TPSA) is 107 Å². The van der Waals surface area contributed by atoms with E-state index in [1.165, 1.54) is 4.68 Å². The molecule has 9 nitrogen and oxygen atoms in total. The molecule has 2 heterocycles. The lowest BCUT2D eigenvalue weighted by atomic mass is 10.1. The highest BCUT2D eigenvalue weighted by molar-refractivity contribution is 6.04. The Balaban J connectivity index is 1.42. The monoisotopic (exact) mass is 421 g/mol. The zero-order valence-corrected chi connectivity index (χ0v) is 17.6. The molecule has 1 aliphatic rings. The van der Waals surface area contributed by atoms with Crippen molar-refractivity contribution in [3.05, 3.63) is 58.9 Å². The van der Waals surface area contributed by atoms with Gasteiger partial charge in [-0.25, -0.2) is 4.68 Å². The second-order valence-electron chi connectivity index (χ2n) is 7.36. The van der Waals surface area contributed by atoms with Gasteiger partial charge in [-0.1, -0.05) is 17.3 Å². The van der Waals surface area contributed by atoms with Gasteiger partial charge in [-0.3, -0.25) is 9.59 Å². The summed E-state index contributed by atoms with van der Waals surface area (Å²) < 4.78 is 12.4. The fourth-order valence-corrected chi connectivity index (χ4v) is 3.23. The molecule has 0 unspecified atom stereocenters. The highest BCUT2D eigenvalue weighted by Gasteiger charge is 2.19. The lowest BCUT2D eigenvalue weighted by molar-refractivity contribution is -0.117. The number of carbonyl (C=O) groups excluding carboxylic acids is 2. The minimum Gasteiger partial charge on any atom is -0.486 e. The first-order chi connectivity index (χ1) is 14.9. The number of aromatic nitrogens is 3. The minimum absolute atomic E-state index is 0.0793. The first-order valence-electron chi connectivity index (χ1n) is 9.89. The number of rotatable bonds is 5. The first-order valence-corrected chi connectivity index (χ1v) is 9.89. The van der Waals surface area contributed by atoms with E-state index >= 15 is 0 Å². The Hall–Kier alpha value is -3.88. The normalized spacial score (nSPS) is 12.4. The van der Waals surface area contributed by atoms with Gasteiger partial charge in [-0.05, 0) is 50.1 Å². The summed E-state index contributed by atoms with van der Waals surface area (Å²) in [5, 5.41) is 13.6. The third-order valence-corrected chi connectivity index (χ3v) is 4.96. The van der Waals surface area contributed by atoms with Gasteiger partial charge in [-0.2, -0.15) is 0 Å². The maximum absolute atomic E-state index is 12.7. The van der Waals surface area contributed by atoms with Crippen molar-refractivity contribution in [2.24, 2.45) is 0 Å². The zero-order chi connectivity index (χ0) is 22.0. The van der Waals surface area contributed by atoms with Gasteiger partial charge >= 0.3 is 0 Å². The third kappa shape index (κ3) is 4.50. The number of benzene rings is 2. The van der Waals surface area contributed by atoms with E-state index in [1.807, 2.05) is 32.0 Å². The summed E-state index contributed by atoms with van der Waals surface area (Å²) in [6.07, 6.45) is 0. The van der Waals surface area contributed by atoms with Crippen LogP contribution in [0.5, 0.6) is 11.5 Å². The van der Waals surface area contributed by atoms with E-state index in [-0.39, 0.29) is 24.1 Å². The molecule has 0 bridgehead atoms. The van der Waals surface area contributed by atoms with E-state index in [1.54, 1.807) is 25.1 Å². The number of nitrogens with zero attached hydrogens (tertiary/aromatic N) is 3. The second kappa shape index (κ2) is 8.47. The molecule has 3 aromatic rings. The van der Waals surface area contributed by atoms with Gasteiger partial charge in [0.2, 0.25) is 5.91 Å². The van der Waals surface area contributed by atoms with Gasteiger partial charge in [0.25, 0.3) is 5.91 Å². The Bertz CT molecular complexity index is 1150. The highest BCUT2D eigenvalue weighted by atomic mass is 16.6. The maximum Gasteiger partial charge on any atom is 0.278 e. The van der Waals surface area contributed by atoms with Crippen molar-refractivity contribution >= 4 is 23.2 Å². The molecule has 0 saturated carbocycles. The second-order valence-corrected chi connectivity index (χ2v) is 7.36. The molecule has 2 aromatic carbocycles. The van der Waals surface area contributed by atoms with Crippen LogP contribution in [0.3, 0.4) is 0 Å². The van der Waals surface area contributed by atoms with Crippen LogP contribution >= 0.6 is 0 Å². The van der Waals surface area contributed by atoms with Crippen LogP contribution in [-0.2, 0) is 11.3 Å². The van der Waals surface area contributed by atoms with Crippen molar-refractivity contribution in [2.45, 2.75) is 27.3 Å². The predicted octanol–water partition coefficient (Wildman–Crippen LogP) is 2.87. The zero-order valence-electron chi connectivity index (χ0n) is 17.6. The Kier molecular flexibility index (Phi) is 5.57. The molecule has 0 spiro atoms. The van der Waals surface area contributed by atoms with Crippen molar-refractivity contribution in [1.82, 2.24) is 15.0 Å². The number of hydrogen-bond acceptors (Lipinski definition) is 6. The fourth-order valence-electron chi connectivity index (χ4n) is 3.23. The highest BCUT2D eigenvalue weighted by Crippen LogP contribution is 2.32. The van der Waals surface area contributed by atoms with E-state index in [0.717, 1.165) is 16.8 Å². The fraction of sp³-hybridized carbons (Fsp3) is 0.273. The largest absolute Gasteiger partial charge is 0.486 e. The van der Waals surface area contributed by atoms with Gasteiger partial charge in [0, 0.05) is 17.4 Å². The number of amides is 2. The summed E-state index contributed by atoms with van der Waals surface area (Å²) in [6, 6.07) is 11.0. The maximum atomic E-state index is 12.7. The Labute approximate surface area is 179 Å². The van der Waals surface area contributed by atoms with E-state index in [0.29, 0.717) is 36.1 Å². The number of anilines is 2. The van der Waals surface area contributed by atoms with Crippen LogP contribution in [0.4, 0.5) is 11.4 Å². The molecule has 0 saturated heterocycles. The van der Waals surface area contributed by atoms with Crippen LogP contribution in [0.25, 0.3) is 0 Å². The van der Waals surface area contributed by atoms with Crippen molar-refractivity contribution in [3.63, 3.8) is 0 Å². The van der Waals surface area contributed by atoms with Crippen LogP contribution in [0, 0.1) is 20.8 Å². The smallest absolute Gasteiger partial charge is 0.278 e. The summed E-state index contributed by atoms with van der Waals surface area (Å²) in [5.74, 6) is 0.568. The van der Waals surface area contributed by atoms with Gasteiger partial charge in [0.1, 0.15) is 19.8 Å². The minimum atomic E-state index is -0.371. The summed E-state index contributed by atoms with van der Waals surface area (Å²) in [5.41, 5.74) is 3.96. The summed E-state index contributed by atoms with van der Waals surface area (Å²) in [6.45, 7) is 6.47. The lowest BCUT2D eigenvalue weighted by Gasteiger charge is -2.19. The molecule has 160 valence electrons. The van der Waals surface area contributed by atoms with Gasteiger partial charge < -0.3 is 20.1 Å². The van der Waals surface area contributed by atoms with Crippen molar-refractivity contribution in [1.29, 1.82) is 0 Å². The summed E-state index contributed by atoms with van der Waals surface area (Å²) in [4.78, 5) is 25.2. The summed E-state index contributed by atoms with van der Waals surface area (Å²) in [7, 11) is 0. The van der Waals surface area contributed by atoms with Crippen LogP contribution in [-0.4, -0.2) is 40.0 Å². The van der Waals surface area contributed by atoms with E-state index in [2.05, 4.69) is 20.9 Å². The molecule has 0 fully saturated rings. The molecule has 1 aromatic heterocycles. The number of aryl methyl sites for hydroxylation is 2. The average Bonchev–Trinajstić information content (AvgIpc) is 3.10. The molecule has 4 rings (SSSR count).